The normalized spacial score (nSPS) is 36.4. The third-order valence-electron chi connectivity index (χ3n) is 5.85. The van der Waals surface area contributed by atoms with E-state index in [1.165, 1.54) is 19.1 Å². The van der Waals surface area contributed by atoms with Crippen LogP contribution in [-0.2, 0) is 10.0 Å². The molecule has 0 aromatic carbocycles. The Kier molecular flexibility index (Phi) is 5.63. The Labute approximate surface area is 140 Å². The first kappa shape index (κ1) is 17.6. The third kappa shape index (κ3) is 4.45. The maximum absolute atomic E-state index is 11.7. The highest BCUT2D eigenvalue weighted by molar-refractivity contribution is 7.88. The summed E-state index contributed by atoms with van der Waals surface area (Å²) in [6, 6.07) is 1.79. The smallest absolute Gasteiger partial charge is 0.211 e. The summed E-state index contributed by atoms with van der Waals surface area (Å²) in [6.07, 6.45) is 8.36. The molecule has 0 spiro atoms. The number of nitrogens with one attached hydrogen (secondary N) is 1. The van der Waals surface area contributed by atoms with Crippen LogP contribution in [0, 0.1) is 5.92 Å². The molecule has 3 rings (SSSR count). The van der Waals surface area contributed by atoms with E-state index in [4.69, 9.17) is 5.73 Å². The number of fused-ring (bicyclic) bond motifs is 2. The highest BCUT2D eigenvalue weighted by atomic mass is 32.2. The van der Waals surface area contributed by atoms with Gasteiger partial charge in [-0.05, 0) is 51.0 Å². The molecule has 7 heteroatoms. The second kappa shape index (κ2) is 7.35. The molecule has 0 aliphatic carbocycles. The fourth-order valence-electron chi connectivity index (χ4n) is 4.69. The van der Waals surface area contributed by atoms with Gasteiger partial charge in [-0.15, -0.1) is 0 Å². The Morgan fingerprint density at radius 3 is 2.52 bits per heavy atom. The molecule has 2 bridgehead atoms. The van der Waals surface area contributed by atoms with Gasteiger partial charge in [0.05, 0.1) is 6.26 Å². The van der Waals surface area contributed by atoms with Crippen molar-refractivity contribution in [1.29, 1.82) is 0 Å². The van der Waals surface area contributed by atoms with Gasteiger partial charge in [0.15, 0.2) is 0 Å². The van der Waals surface area contributed by atoms with Crippen LogP contribution in [0.1, 0.15) is 38.5 Å². The van der Waals surface area contributed by atoms with Gasteiger partial charge in [-0.3, -0.25) is 4.90 Å². The summed E-state index contributed by atoms with van der Waals surface area (Å²) in [5.41, 5.74) is 6.12. The summed E-state index contributed by atoms with van der Waals surface area (Å²) in [4.78, 5) is 2.65. The molecule has 0 amide bonds. The summed E-state index contributed by atoms with van der Waals surface area (Å²) in [5, 5.41) is 3.56. The Morgan fingerprint density at radius 2 is 1.87 bits per heavy atom. The van der Waals surface area contributed by atoms with E-state index in [9.17, 15) is 8.42 Å². The Bertz CT molecular complexity index is 484. The van der Waals surface area contributed by atoms with Crippen molar-refractivity contribution >= 4 is 10.0 Å². The molecule has 3 aliphatic heterocycles. The van der Waals surface area contributed by atoms with Gasteiger partial charge in [0, 0.05) is 44.3 Å². The minimum Gasteiger partial charge on any atom is -0.328 e. The standard InChI is InChI=1S/C16H32N4O2S/c1-23(21,22)19-7-2-3-13(12-19)11-18-6-8-20-15-4-5-16(20)10-14(17)9-15/h13-16,18H,2-12,17H2,1H3/t13-,14?,15-,16+/m1/s1. The number of nitrogens with zero attached hydrogens (tertiary/aromatic N) is 2. The van der Waals surface area contributed by atoms with Gasteiger partial charge in [-0.25, -0.2) is 12.7 Å². The highest BCUT2D eigenvalue weighted by Crippen LogP contribution is 2.34. The minimum atomic E-state index is -3.03. The monoisotopic (exact) mass is 344 g/mol. The largest absolute Gasteiger partial charge is 0.328 e. The fraction of sp³-hybridized carbons (Fsp3) is 1.00. The maximum atomic E-state index is 11.7. The number of hydrogen-bond acceptors (Lipinski definition) is 5. The lowest BCUT2D eigenvalue weighted by molar-refractivity contribution is 0.128. The van der Waals surface area contributed by atoms with E-state index in [2.05, 4.69) is 10.2 Å². The van der Waals surface area contributed by atoms with Crippen molar-refractivity contribution in [2.75, 3.05) is 39.0 Å². The van der Waals surface area contributed by atoms with Crippen molar-refractivity contribution in [3.63, 3.8) is 0 Å². The van der Waals surface area contributed by atoms with Crippen LogP contribution in [0.2, 0.25) is 0 Å². The number of nitrogens with two attached hydrogens (primary N) is 1. The van der Waals surface area contributed by atoms with E-state index in [0.29, 0.717) is 37.1 Å². The average molecular weight is 345 g/mol. The molecular weight excluding hydrogens is 312 g/mol. The molecule has 3 N–H and O–H groups in total. The molecule has 0 aromatic rings. The second-order valence-corrected chi connectivity index (χ2v) is 9.67. The molecule has 3 fully saturated rings. The van der Waals surface area contributed by atoms with Gasteiger partial charge >= 0.3 is 0 Å². The first-order chi connectivity index (χ1) is 10.9. The lowest BCUT2D eigenvalue weighted by Gasteiger charge is -2.38. The molecule has 0 radical (unpaired) electrons. The zero-order chi connectivity index (χ0) is 16.4. The van der Waals surface area contributed by atoms with Crippen LogP contribution in [0.25, 0.3) is 0 Å². The van der Waals surface area contributed by atoms with Gasteiger partial charge in [0.25, 0.3) is 0 Å². The maximum Gasteiger partial charge on any atom is 0.211 e. The first-order valence-electron chi connectivity index (χ1n) is 9.10. The summed E-state index contributed by atoms with van der Waals surface area (Å²) >= 11 is 0. The quantitative estimate of drug-likeness (QED) is 0.673. The molecule has 0 saturated carbocycles. The molecule has 1 unspecified atom stereocenters. The molecule has 3 heterocycles. The van der Waals surface area contributed by atoms with E-state index in [-0.39, 0.29) is 0 Å². The molecule has 6 nitrogen and oxygen atoms in total. The zero-order valence-electron chi connectivity index (χ0n) is 14.3. The van der Waals surface area contributed by atoms with E-state index in [0.717, 1.165) is 45.3 Å². The predicted molar refractivity (Wildman–Crippen MR) is 92.7 cm³/mol. The lowest BCUT2D eigenvalue weighted by atomic mass is 9.98. The zero-order valence-corrected chi connectivity index (χ0v) is 15.1. The minimum absolute atomic E-state index is 0.404. The predicted octanol–water partition coefficient (Wildman–Crippen LogP) is 0.202. The number of hydrogen-bond donors (Lipinski definition) is 2. The summed E-state index contributed by atoms with van der Waals surface area (Å²) < 4.78 is 25.0. The number of rotatable bonds is 6. The Morgan fingerprint density at radius 1 is 1.17 bits per heavy atom. The number of piperidine rings is 2. The van der Waals surface area contributed by atoms with E-state index in [1.54, 1.807) is 4.31 Å². The Balaban J connectivity index is 1.37. The second-order valence-electron chi connectivity index (χ2n) is 7.69. The fourth-order valence-corrected chi connectivity index (χ4v) is 5.63. The summed E-state index contributed by atoms with van der Waals surface area (Å²) in [5.74, 6) is 0.449. The van der Waals surface area contributed by atoms with Crippen molar-refractivity contribution in [3.05, 3.63) is 0 Å². The van der Waals surface area contributed by atoms with E-state index >= 15 is 0 Å². The average Bonchev–Trinajstić information content (AvgIpc) is 2.73. The molecule has 23 heavy (non-hydrogen) atoms. The Hall–Kier alpha value is -0.210. The van der Waals surface area contributed by atoms with Crippen molar-refractivity contribution in [2.24, 2.45) is 11.7 Å². The first-order valence-corrected chi connectivity index (χ1v) is 11.0. The molecule has 4 atom stereocenters. The molecule has 0 aromatic heterocycles. The van der Waals surface area contributed by atoms with Crippen LogP contribution in [-0.4, -0.2) is 74.7 Å². The van der Waals surface area contributed by atoms with Crippen LogP contribution in [0.3, 0.4) is 0 Å². The van der Waals surface area contributed by atoms with E-state index in [1.807, 2.05) is 0 Å². The van der Waals surface area contributed by atoms with Gasteiger partial charge in [-0.2, -0.15) is 0 Å². The van der Waals surface area contributed by atoms with Gasteiger partial charge < -0.3 is 11.1 Å². The van der Waals surface area contributed by atoms with Gasteiger partial charge in [-0.1, -0.05) is 0 Å². The number of sulfonamides is 1. The molecule has 3 saturated heterocycles. The van der Waals surface area contributed by atoms with Crippen molar-refractivity contribution in [2.45, 2.75) is 56.7 Å². The van der Waals surface area contributed by atoms with Crippen molar-refractivity contribution < 1.29 is 8.42 Å². The van der Waals surface area contributed by atoms with Crippen molar-refractivity contribution in [1.82, 2.24) is 14.5 Å². The van der Waals surface area contributed by atoms with Crippen LogP contribution >= 0.6 is 0 Å². The lowest BCUT2D eigenvalue weighted by Crippen LogP contribution is -2.49. The molecule has 134 valence electrons. The summed E-state index contributed by atoms with van der Waals surface area (Å²) in [6.45, 7) is 4.39. The SMILES string of the molecule is CS(=O)(=O)N1CCC[C@H](CNCCN2[C@@H]3CC[C@H]2CC(N)C3)C1. The van der Waals surface area contributed by atoms with Crippen LogP contribution < -0.4 is 11.1 Å². The van der Waals surface area contributed by atoms with Crippen LogP contribution in [0.5, 0.6) is 0 Å². The molecular formula is C16H32N4O2S. The van der Waals surface area contributed by atoms with Gasteiger partial charge in [0.2, 0.25) is 10.0 Å². The summed E-state index contributed by atoms with van der Waals surface area (Å²) in [7, 11) is -3.03. The molecule has 3 aliphatic rings. The van der Waals surface area contributed by atoms with Gasteiger partial charge in [0.1, 0.15) is 0 Å². The highest BCUT2D eigenvalue weighted by Gasteiger charge is 2.38. The van der Waals surface area contributed by atoms with Crippen LogP contribution in [0.4, 0.5) is 0 Å². The van der Waals surface area contributed by atoms with E-state index < -0.39 is 10.0 Å². The topological polar surface area (TPSA) is 78.7 Å². The van der Waals surface area contributed by atoms with Crippen molar-refractivity contribution in [3.8, 4) is 0 Å². The van der Waals surface area contributed by atoms with Crippen LogP contribution in [0.15, 0.2) is 0 Å². The third-order valence-corrected chi connectivity index (χ3v) is 7.12.